The van der Waals surface area contributed by atoms with Crippen LogP contribution >= 0.6 is 0 Å². The first-order valence-electron chi connectivity index (χ1n) is 5.45. The zero-order valence-electron chi connectivity index (χ0n) is 10.6. The van der Waals surface area contributed by atoms with E-state index >= 15 is 0 Å². The van der Waals surface area contributed by atoms with E-state index in [0.29, 0.717) is 11.3 Å². The summed E-state index contributed by atoms with van der Waals surface area (Å²) in [4.78, 5) is 0. The second kappa shape index (κ2) is 5.36. The first kappa shape index (κ1) is 14.5. The summed E-state index contributed by atoms with van der Waals surface area (Å²) >= 11 is 0. The average Bonchev–Trinajstić information content (AvgIpc) is 2.26. The van der Waals surface area contributed by atoms with Gasteiger partial charge in [0, 0.05) is 18.7 Å². The van der Waals surface area contributed by atoms with Crippen LogP contribution in [-0.4, -0.2) is 27.3 Å². The lowest BCUT2D eigenvalue weighted by Gasteiger charge is -2.23. The van der Waals surface area contributed by atoms with Crippen molar-refractivity contribution in [3.05, 3.63) is 29.8 Å². The SMILES string of the molecule is CC(C)NS(=O)(=O)N(C)c1ccccc1C(=N)N. The third-order valence-electron chi connectivity index (χ3n) is 2.28. The van der Waals surface area contributed by atoms with Gasteiger partial charge in [0.1, 0.15) is 5.84 Å². The molecule has 0 heterocycles. The normalized spacial score (nSPS) is 11.6. The van der Waals surface area contributed by atoms with Crippen molar-refractivity contribution in [3.8, 4) is 0 Å². The standard InChI is InChI=1S/C11H18N4O2S/c1-8(2)14-18(16,17)15(3)10-7-5-4-6-9(10)11(12)13/h4-8,14H,1-3H3,(H3,12,13). The molecule has 0 saturated heterocycles. The molecular formula is C11H18N4O2S. The van der Waals surface area contributed by atoms with Gasteiger partial charge in [0.05, 0.1) is 5.69 Å². The van der Waals surface area contributed by atoms with Crippen LogP contribution in [0.2, 0.25) is 0 Å². The molecule has 0 saturated carbocycles. The number of benzene rings is 1. The molecule has 6 nitrogen and oxygen atoms in total. The number of anilines is 1. The third-order valence-corrected chi connectivity index (χ3v) is 3.97. The zero-order valence-corrected chi connectivity index (χ0v) is 11.5. The number of nitrogens with two attached hydrogens (primary N) is 1. The van der Waals surface area contributed by atoms with Crippen LogP contribution in [-0.2, 0) is 10.2 Å². The Balaban J connectivity index is 3.19. The molecular weight excluding hydrogens is 252 g/mol. The molecule has 1 aromatic carbocycles. The van der Waals surface area contributed by atoms with Gasteiger partial charge < -0.3 is 5.73 Å². The van der Waals surface area contributed by atoms with E-state index in [1.807, 2.05) is 0 Å². The van der Waals surface area contributed by atoms with Crippen LogP contribution in [0.5, 0.6) is 0 Å². The van der Waals surface area contributed by atoms with Crippen LogP contribution in [0.1, 0.15) is 19.4 Å². The van der Waals surface area contributed by atoms with E-state index in [-0.39, 0.29) is 11.9 Å². The summed E-state index contributed by atoms with van der Waals surface area (Å²) in [6.07, 6.45) is 0. The zero-order chi connectivity index (χ0) is 13.9. The van der Waals surface area contributed by atoms with E-state index in [0.717, 1.165) is 4.31 Å². The van der Waals surface area contributed by atoms with E-state index in [1.165, 1.54) is 7.05 Å². The van der Waals surface area contributed by atoms with Crippen LogP contribution in [0.4, 0.5) is 5.69 Å². The van der Waals surface area contributed by atoms with Gasteiger partial charge >= 0.3 is 10.2 Å². The lowest BCUT2D eigenvalue weighted by Crippen LogP contribution is -2.42. The Labute approximate surface area is 107 Å². The predicted octanol–water partition coefficient (Wildman–Crippen LogP) is 0.650. The van der Waals surface area contributed by atoms with Crippen molar-refractivity contribution >= 4 is 21.7 Å². The second-order valence-electron chi connectivity index (χ2n) is 4.18. The quantitative estimate of drug-likeness (QED) is 0.541. The first-order valence-corrected chi connectivity index (χ1v) is 6.89. The van der Waals surface area contributed by atoms with E-state index in [2.05, 4.69) is 4.72 Å². The predicted molar refractivity (Wildman–Crippen MR) is 73.1 cm³/mol. The van der Waals surface area contributed by atoms with Gasteiger partial charge in [0.25, 0.3) is 0 Å². The lowest BCUT2D eigenvalue weighted by atomic mass is 10.1. The number of hydrogen-bond acceptors (Lipinski definition) is 3. The Kier molecular flexibility index (Phi) is 4.31. The summed E-state index contributed by atoms with van der Waals surface area (Å²) in [6, 6.07) is 6.41. The maximum absolute atomic E-state index is 12.0. The molecule has 0 fully saturated rings. The summed E-state index contributed by atoms with van der Waals surface area (Å²) in [6.45, 7) is 3.48. The fourth-order valence-electron chi connectivity index (χ4n) is 1.48. The van der Waals surface area contributed by atoms with Gasteiger partial charge in [-0.3, -0.25) is 9.71 Å². The molecule has 0 bridgehead atoms. The van der Waals surface area contributed by atoms with Gasteiger partial charge in [0.15, 0.2) is 0 Å². The Morgan fingerprint density at radius 1 is 1.39 bits per heavy atom. The molecule has 100 valence electrons. The van der Waals surface area contributed by atoms with Crippen LogP contribution in [0, 0.1) is 5.41 Å². The molecule has 0 aromatic heterocycles. The minimum absolute atomic E-state index is 0.169. The van der Waals surface area contributed by atoms with Crippen LogP contribution < -0.4 is 14.8 Å². The van der Waals surface area contributed by atoms with E-state index in [9.17, 15) is 8.42 Å². The van der Waals surface area contributed by atoms with Gasteiger partial charge in [-0.1, -0.05) is 12.1 Å². The van der Waals surface area contributed by atoms with Crippen molar-refractivity contribution in [2.24, 2.45) is 5.73 Å². The molecule has 0 aliphatic carbocycles. The maximum atomic E-state index is 12.0. The largest absolute Gasteiger partial charge is 0.384 e. The van der Waals surface area contributed by atoms with Gasteiger partial charge in [0.2, 0.25) is 0 Å². The average molecular weight is 270 g/mol. The van der Waals surface area contributed by atoms with E-state index < -0.39 is 10.2 Å². The molecule has 4 N–H and O–H groups in total. The lowest BCUT2D eigenvalue weighted by molar-refractivity contribution is 0.568. The number of nitrogens with zero attached hydrogens (tertiary/aromatic N) is 1. The fourth-order valence-corrected chi connectivity index (χ4v) is 2.65. The molecule has 1 rings (SSSR count). The summed E-state index contributed by atoms with van der Waals surface area (Å²) in [5, 5.41) is 7.45. The van der Waals surface area contributed by atoms with Gasteiger partial charge in [-0.15, -0.1) is 0 Å². The van der Waals surface area contributed by atoms with Gasteiger partial charge in [-0.25, -0.2) is 0 Å². The molecule has 18 heavy (non-hydrogen) atoms. The van der Waals surface area contributed by atoms with Gasteiger partial charge in [-0.2, -0.15) is 13.1 Å². The van der Waals surface area contributed by atoms with Crippen molar-refractivity contribution in [2.75, 3.05) is 11.4 Å². The van der Waals surface area contributed by atoms with Crippen LogP contribution in [0.15, 0.2) is 24.3 Å². The molecule has 1 aromatic rings. The maximum Gasteiger partial charge on any atom is 0.301 e. The topological polar surface area (TPSA) is 99.3 Å². The molecule has 0 aliphatic heterocycles. The minimum atomic E-state index is -3.64. The first-order chi connectivity index (χ1) is 8.25. The summed E-state index contributed by atoms with van der Waals surface area (Å²) < 4.78 is 27.6. The highest BCUT2D eigenvalue weighted by molar-refractivity contribution is 7.90. The molecule has 0 atom stereocenters. The number of rotatable bonds is 5. The van der Waals surface area contributed by atoms with Crippen molar-refractivity contribution in [2.45, 2.75) is 19.9 Å². The molecule has 0 spiro atoms. The Bertz CT molecular complexity index is 540. The van der Waals surface area contributed by atoms with E-state index in [1.54, 1.807) is 38.1 Å². The highest BCUT2D eigenvalue weighted by Gasteiger charge is 2.21. The Hall–Kier alpha value is -1.60. The number of hydrogen-bond donors (Lipinski definition) is 3. The minimum Gasteiger partial charge on any atom is -0.384 e. The van der Waals surface area contributed by atoms with Crippen LogP contribution in [0.3, 0.4) is 0 Å². The van der Waals surface area contributed by atoms with E-state index in [4.69, 9.17) is 11.1 Å². The van der Waals surface area contributed by atoms with Crippen molar-refractivity contribution in [1.82, 2.24) is 4.72 Å². The highest BCUT2D eigenvalue weighted by atomic mass is 32.2. The number of amidine groups is 1. The summed E-state index contributed by atoms with van der Waals surface area (Å²) in [7, 11) is -2.21. The number of para-hydroxylation sites is 1. The third kappa shape index (κ3) is 3.21. The molecule has 0 amide bonds. The van der Waals surface area contributed by atoms with Gasteiger partial charge in [-0.05, 0) is 26.0 Å². The van der Waals surface area contributed by atoms with Crippen molar-refractivity contribution in [3.63, 3.8) is 0 Å². The second-order valence-corrected chi connectivity index (χ2v) is 5.91. The number of nitrogen functional groups attached to an aromatic ring is 1. The smallest absolute Gasteiger partial charge is 0.301 e. The monoisotopic (exact) mass is 270 g/mol. The highest BCUT2D eigenvalue weighted by Crippen LogP contribution is 2.20. The van der Waals surface area contributed by atoms with Crippen molar-refractivity contribution < 1.29 is 8.42 Å². The molecule has 0 radical (unpaired) electrons. The molecule has 0 unspecified atom stereocenters. The summed E-state index contributed by atoms with van der Waals surface area (Å²) in [5.41, 5.74) is 6.20. The van der Waals surface area contributed by atoms with Crippen molar-refractivity contribution in [1.29, 1.82) is 5.41 Å². The number of nitrogens with one attached hydrogen (secondary N) is 2. The fraction of sp³-hybridized carbons (Fsp3) is 0.364. The van der Waals surface area contributed by atoms with Crippen LogP contribution in [0.25, 0.3) is 0 Å². The Morgan fingerprint density at radius 3 is 2.44 bits per heavy atom. The molecule has 7 heteroatoms. The summed E-state index contributed by atoms with van der Waals surface area (Å²) in [5.74, 6) is -0.169. The Morgan fingerprint density at radius 2 is 1.94 bits per heavy atom. The molecule has 0 aliphatic rings.